The maximum Gasteiger partial charge on any atom is 0.0746 e. The lowest BCUT2D eigenvalue weighted by atomic mass is 10.1. The highest BCUT2D eigenvalue weighted by Crippen LogP contribution is 2.26. The highest BCUT2D eigenvalue weighted by atomic mass is 79.9. The third-order valence-corrected chi connectivity index (χ3v) is 4.82. The zero-order chi connectivity index (χ0) is 13.8. The lowest BCUT2D eigenvalue weighted by Gasteiger charge is -2.24. The maximum atomic E-state index is 4.58. The largest absolute Gasteiger partial charge is 0.296 e. The molecule has 1 aliphatic rings. The molecule has 0 radical (unpaired) electrons. The summed E-state index contributed by atoms with van der Waals surface area (Å²) in [6.45, 7) is 2.28. The second kappa shape index (κ2) is 6.68. The van der Waals surface area contributed by atoms with E-state index in [-0.39, 0.29) is 0 Å². The molecule has 106 valence electrons. The summed E-state index contributed by atoms with van der Waals surface area (Å²) >= 11 is 3.55. The average molecular weight is 333 g/mol. The fraction of sp³-hybridized carbons (Fsp3) is 0.471. The third kappa shape index (κ3) is 3.04. The van der Waals surface area contributed by atoms with Crippen LogP contribution in [0.5, 0.6) is 0 Å². The summed E-state index contributed by atoms with van der Waals surface area (Å²) in [6.07, 6.45) is 7.17. The highest BCUT2D eigenvalue weighted by molar-refractivity contribution is 9.09. The Labute approximate surface area is 129 Å². The van der Waals surface area contributed by atoms with Crippen molar-refractivity contribution in [3.63, 3.8) is 0 Å². The van der Waals surface area contributed by atoms with Crippen molar-refractivity contribution in [2.45, 2.75) is 38.3 Å². The molecule has 0 N–H and O–H groups in total. The maximum absolute atomic E-state index is 4.58. The van der Waals surface area contributed by atoms with E-state index in [1.807, 2.05) is 12.3 Å². The van der Waals surface area contributed by atoms with Crippen molar-refractivity contribution in [1.29, 1.82) is 0 Å². The van der Waals surface area contributed by atoms with Crippen LogP contribution in [0.25, 0.3) is 10.9 Å². The van der Waals surface area contributed by atoms with E-state index in [9.17, 15) is 0 Å². The molecule has 1 aliphatic heterocycles. The summed E-state index contributed by atoms with van der Waals surface area (Å²) in [7, 11) is 0. The first-order valence-corrected chi connectivity index (χ1v) is 8.63. The minimum Gasteiger partial charge on any atom is -0.296 e. The van der Waals surface area contributed by atoms with E-state index in [0.29, 0.717) is 0 Å². The molecule has 1 aromatic carbocycles. The zero-order valence-corrected chi connectivity index (χ0v) is 13.3. The van der Waals surface area contributed by atoms with Crippen LogP contribution in [0, 0.1) is 0 Å². The quantitative estimate of drug-likeness (QED) is 0.755. The molecule has 0 amide bonds. The van der Waals surface area contributed by atoms with Crippen LogP contribution in [0.15, 0.2) is 36.5 Å². The van der Waals surface area contributed by atoms with Crippen molar-refractivity contribution in [2.24, 2.45) is 0 Å². The number of para-hydroxylation sites is 1. The Kier molecular flexibility index (Phi) is 4.69. The Morgan fingerprint density at radius 3 is 3.05 bits per heavy atom. The molecule has 1 atom stereocenters. The number of fused-ring (bicyclic) bond motifs is 1. The number of alkyl halides is 1. The van der Waals surface area contributed by atoms with Gasteiger partial charge >= 0.3 is 0 Å². The lowest BCUT2D eigenvalue weighted by molar-refractivity contribution is 0.234. The normalized spacial score (nSPS) is 19.8. The molecular formula is C17H21BrN2. The first-order valence-electron chi connectivity index (χ1n) is 7.51. The van der Waals surface area contributed by atoms with E-state index in [2.05, 4.69) is 50.1 Å². The number of aromatic nitrogens is 1. The van der Waals surface area contributed by atoms with Gasteiger partial charge in [-0.05, 0) is 43.9 Å². The third-order valence-electron chi connectivity index (χ3n) is 4.26. The molecule has 20 heavy (non-hydrogen) atoms. The molecule has 2 aromatic rings. The Hall–Kier alpha value is -0.930. The van der Waals surface area contributed by atoms with Crippen molar-refractivity contribution in [2.75, 3.05) is 11.9 Å². The molecule has 2 heterocycles. The Balaban J connectivity index is 1.78. The van der Waals surface area contributed by atoms with Crippen molar-refractivity contribution < 1.29 is 0 Å². The van der Waals surface area contributed by atoms with Crippen LogP contribution in [-0.2, 0) is 6.54 Å². The first-order chi connectivity index (χ1) is 9.88. The van der Waals surface area contributed by atoms with Crippen molar-refractivity contribution in [1.82, 2.24) is 9.88 Å². The molecule has 0 aliphatic carbocycles. The van der Waals surface area contributed by atoms with Gasteiger partial charge in [0.1, 0.15) is 0 Å². The molecule has 1 unspecified atom stereocenters. The summed E-state index contributed by atoms with van der Waals surface area (Å²) in [5, 5.41) is 2.37. The standard InChI is InChI=1S/C17H21BrN2/c18-10-2-8-16-9-4-12-20(16)13-15-6-1-5-14-7-3-11-19-17(14)15/h1,3,5-7,11,16H,2,4,8-10,12-13H2. The minimum atomic E-state index is 0.756. The second-order valence-corrected chi connectivity index (χ2v) is 6.38. The number of hydrogen-bond acceptors (Lipinski definition) is 2. The summed E-state index contributed by atoms with van der Waals surface area (Å²) in [6, 6.07) is 11.5. The molecule has 0 saturated carbocycles. The van der Waals surface area contributed by atoms with Gasteiger partial charge in [-0.3, -0.25) is 9.88 Å². The van der Waals surface area contributed by atoms with Crippen LogP contribution >= 0.6 is 15.9 Å². The predicted molar refractivity (Wildman–Crippen MR) is 88.2 cm³/mol. The molecule has 3 rings (SSSR count). The summed E-state index contributed by atoms with van der Waals surface area (Å²) in [5.74, 6) is 0. The average Bonchev–Trinajstić information content (AvgIpc) is 2.93. The Morgan fingerprint density at radius 1 is 1.25 bits per heavy atom. The Morgan fingerprint density at radius 2 is 2.15 bits per heavy atom. The topological polar surface area (TPSA) is 16.1 Å². The van der Waals surface area contributed by atoms with Crippen molar-refractivity contribution >= 4 is 26.8 Å². The molecule has 1 aromatic heterocycles. The highest BCUT2D eigenvalue weighted by Gasteiger charge is 2.24. The minimum absolute atomic E-state index is 0.756. The van der Waals surface area contributed by atoms with Crippen LogP contribution in [0.2, 0.25) is 0 Å². The second-order valence-electron chi connectivity index (χ2n) is 5.59. The van der Waals surface area contributed by atoms with Gasteiger partial charge in [0.25, 0.3) is 0 Å². The molecular weight excluding hydrogens is 312 g/mol. The number of nitrogens with zero attached hydrogens (tertiary/aromatic N) is 2. The number of likely N-dealkylation sites (tertiary alicyclic amines) is 1. The summed E-state index contributed by atoms with van der Waals surface area (Å²) in [4.78, 5) is 7.22. The molecule has 1 saturated heterocycles. The van der Waals surface area contributed by atoms with E-state index < -0.39 is 0 Å². The fourth-order valence-corrected chi connectivity index (χ4v) is 3.58. The van der Waals surface area contributed by atoms with E-state index in [4.69, 9.17) is 0 Å². The van der Waals surface area contributed by atoms with Crippen LogP contribution in [0.4, 0.5) is 0 Å². The van der Waals surface area contributed by atoms with E-state index >= 15 is 0 Å². The van der Waals surface area contributed by atoms with Gasteiger partial charge in [-0.25, -0.2) is 0 Å². The van der Waals surface area contributed by atoms with Crippen LogP contribution in [0.3, 0.4) is 0 Å². The van der Waals surface area contributed by atoms with Gasteiger partial charge in [-0.1, -0.05) is 40.2 Å². The number of rotatable bonds is 5. The smallest absolute Gasteiger partial charge is 0.0746 e. The zero-order valence-electron chi connectivity index (χ0n) is 11.8. The summed E-state index contributed by atoms with van der Waals surface area (Å²) < 4.78 is 0. The van der Waals surface area contributed by atoms with Gasteiger partial charge in [0.2, 0.25) is 0 Å². The molecule has 3 heteroatoms. The number of pyridine rings is 1. The molecule has 0 spiro atoms. The SMILES string of the molecule is BrCCCC1CCCN1Cc1cccc2cccnc12. The van der Waals surface area contributed by atoms with Gasteiger partial charge in [-0.2, -0.15) is 0 Å². The summed E-state index contributed by atoms with van der Waals surface area (Å²) in [5.41, 5.74) is 2.54. The van der Waals surface area contributed by atoms with Gasteiger partial charge in [0.05, 0.1) is 5.52 Å². The molecule has 2 nitrogen and oxygen atoms in total. The van der Waals surface area contributed by atoms with Crippen molar-refractivity contribution in [3.8, 4) is 0 Å². The molecule has 0 bridgehead atoms. The molecule has 1 fully saturated rings. The lowest BCUT2D eigenvalue weighted by Crippen LogP contribution is -2.29. The fourth-order valence-electron chi connectivity index (χ4n) is 3.26. The number of hydrogen-bond donors (Lipinski definition) is 0. The predicted octanol–water partition coefficient (Wildman–Crippen LogP) is 4.37. The van der Waals surface area contributed by atoms with Gasteiger partial charge in [0, 0.05) is 29.5 Å². The van der Waals surface area contributed by atoms with Gasteiger partial charge in [-0.15, -0.1) is 0 Å². The van der Waals surface area contributed by atoms with E-state index in [1.54, 1.807) is 0 Å². The van der Waals surface area contributed by atoms with E-state index in [0.717, 1.165) is 17.9 Å². The van der Waals surface area contributed by atoms with Crippen molar-refractivity contribution in [3.05, 3.63) is 42.1 Å². The number of halogens is 1. The Bertz CT molecular complexity index is 564. The van der Waals surface area contributed by atoms with Crippen LogP contribution in [-0.4, -0.2) is 27.8 Å². The van der Waals surface area contributed by atoms with Gasteiger partial charge < -0.3 is 0 Å². The van der Waals surface area contributed by atoms with Crippen LogP contribution in [0.1, 0.15) is 31.2 Å². The van der Waals surface area contributed by atoms with Gasteiger partial charge in [0.15, 0.2) is 0 Å². The van der Waals surface area contributed by atoms with E-state index in [1.165, 1.54) is 48.7 Å². The first kappa shape index (κ1) is 14.0. The monoisotopic (exact) mass is 332 g/mol. The number of benzene rings is 1. The van der Waals surface area contributed by atoms with Crippen LogP contribution < -0.4 is 0 Å².